The molecule has 1 aromatic carbocycles. The van der Waals surface area contributed by atoms with E-state index in [9.17, 15) is 0 Å². The van der Waals surface area contributed by atoms with Crippen molar-refractivity contribution in [3.63, 3.8) is 0 Å². The Morgan fingerprint density at radius 1 is 0.826 bits per heavy atom. The molecule has 1 atom stereocenters. The van der Waals surface area contributed by atoms with Crippen LogP contribution in [0.25, 0.3) is 0 Å². The van der Waals surface area contributed by atoms with Gasteiger partial charge in [0.25, 0.3) is 0 Å². The van der Waals surface area contributed by atoms with Gasteiger partial charge in [0, 0.05) is 6.04 Å². The number of halogens is 1. The van der Waals surface area contributed by atoms with Crippen molar-refractivity contribution < 1.29 is 4.74 Å². The standard InChI is InChI=1S/C20H35NO.ClH/c1-3-4-5-6-7-8-9-10-11-12-17-22-20-15-13-19(14-16-20)18(2)21;/h13-16,18H,3-12,17,21H2,1-2H3;1H. The Morgan fingerprint density at radius 2 is 1.30 bits per heavy atom. The fourth-order valence-corrected chi connectivity index (χ4v) is 2.65. The van der Waals surface area contributed by atoms with Crippen LogP contribution in [0.3, 0.4) is 0 Å². The van der Waals surface area contributed by atoms with Gasteiger partial charge in [0.2, 0.25) is 0 Å². The van der Waals surface area contributed by atoms with Gasteiger partial charge in [-0.3, -0.25) is 0 Å². The van der Waals surface area contributed by atoms with Crippen LogP contribution >= 0.6 is 12.4 Å². The number of ether oxygens (including phenoxy) is 1. The van der Waals surface area contributed by atoms with E-state index >= 15 is 0 Å². The van der Waals surface area contributed by atoms with E-state index in [2.05, 4.69) is 19.1 Å². The van der Waals surface area contributed by atoms with Crippen molar-refractivity contribution in [3.8, 4) is 5.75 Å². The molecule has 0 radical (unpaired) electrons. The van der Waals surface area contributed by atoms with Gasteiger partial charge in [-0.15, -0.1) is 12.4 Å². The summed E-state index contributed by atoms with van der Waals surface area (Å²) < 4.78 is 5.77. The third kappa shape index (κ3) is 11.4. The van der Waals surface area contributed by atoms with E-state index in [4.69, 9.17) is 10.5 Å². The molecular weight excluding hydrogens is 306 g/mol. The highest BCUT2D eigenvalue weighted by Gasteiger charge is 1.99. The smallest absolute Gasteiger partial charge is 0.119 e. The summed E-state index contributed by atoms with van der Waals surface area (Å²) in [5.74, 6) is 0.959. The second-order valence-corrected chi connectivity index (χ2v) is 6.39. The summed E-state index contributed by atoms with van der Waals surface area (Å²) >= 11 is 0. The zero-order valence-electron chi connectivity index (χ0n) is 15.1. The van der Waals surface area contributed by atoms with Gasteiger partial charge in [-0.2, -0.15) is 0 Å². The summed E-state index contributed by atoms with van der Waals surface area (Å²) in [6.45, 7) is 5.10. The highest BCUT2D eigenvalue weighted by Crippen LogP contribution is 2.16. The molecule has 0 saturated heterocycles. The molecule has 2 nitrogen and oxygen atoms in total. The molecule has 0 spiro atoms. The molecule has 0 aliphatic rings. The largest absolute Gasteiger partial charge is 0.494 e. The maximum Gasteiger partial charge on any atom is 0.119 e. The molecule has 0 aliphatic carbocycles. The summed E-state index contributed by atoms with van der Waals surface area (Å²) in [7, 11) is 0. The third-order valence-electron chi connectivity index (χ3n) is 4.17. The first kappa shape index (κ1) is 22.3. The number of unbranched alkanes of at least 4 members (excludes halogenated alkanes) is 9. The van der Waals surface area contributed by atoms with Crippen molar-refractivity contribution in [2.24, 2.45) is 5.73 Å². The molecule has 2 N–H and O–H groups in total. The maximum absolute atomic E-state index is 5.84. The summed E-state index contributed by atoms with van der Waals surface area (Å²) in [5, 5.41) is 0. The van der Waals surface area contributed by atoms with Gasteiger partial charge in [-0.05, 0) is 31.0 Å². The van der Waals surface area contributed by atoms with E-state index in [0.29, 0.717) is 0 Å². The molecule has 1 aromatic rings. The van der Waals surface area contributed by atoms with Gasteiger partial charge >= 0.3 is 0 Å². The van der Waals surface area contributed by atoms with Crippen LogP contribution < -0.4 is 10.5 Å². The fourth-order valence-electron chi connectivity index (χ4n) is 2.65. The molecule has 0 fully saturated rings. The van der Waals surface area contributed by atoms with Crippen LogP contribution in [0.4, 0.5) is 0 Å². The van der Waals surface area contributed by atoms with Crippen LogP contribution in [0.1, 0.15) is 89.7 Å². The first-order chi connectivity index (χ1) is 10.7. The minimum atomic E-state index is 0. The second kappa shape index (κ2) is 14.8. The van der Waals surface area contributed by atoms with Crippen molar-refractivity contribution in [2.75, 3.05) is 6.61 Å². The Bertz CT molecular complexity index is 364. The lowest BCUT2D eigenvalue weighted by atomic mass is 10.1. The van der Waals surface area contributed by atoms with Crippen LogP contribution in [0.2, 0.25) is 0 Å². The average molecular weight is 342 g/mol. The lowest BCUT2D eigenvalue weighted by Gasteiger charge is -2.09. The van der Waals surface area contributed by atoms with E-state index in [-0.39, 0.29) is 18.4 Å². The first-order valence-electron chi connectivity index (χ1n) is 9.22. The number of rotatable bonds is 13. The second-order valence-electron chi connectivity index (χ2n) is 6.39. The summed E-state index contributed by atoms with van der Waals surface area (Å²) in [4.78, 5) is 0. The van der Waals surface area contributed by atoms with Gasteiger partial charge in [-0.25, -0.2) is 0 Å². The molecule has 23 heavy (non-hydrogen) atoms. The van der Waals surface area contributed by atoms with Crippen LogP contribution in [0, 0.1) is 0 Å². The molecule has 1 rings (SSSR count). The number of nitrogens with two attached hydrogens (primary N) is 1. The molecule has 0 saturated carbocycles. The predicted octanol–water partition coefficient (Wildman–Crippen LogP) is 6.43. The third-order valence-corrected chi connectivity index (χ3v) is 4.17. The van der Waals surface area contributed by atoms with E-state index < -0.39 is 0 Å². The normalized spacial score (nSPS) is 11.8. The van der Waals surface area contributed by atoms with Gasteiger partial charge in [0.05, 0.1) is 6.61 Å². The molecule has 0 aliphatic heterocycles. The SMILES string of the molecule is CCCCCCCCCCCCOc1ccc(C(C)N)cc1.Cl. The van der Waals surface area contributed by atoms with E-state index in [0.717, 1.165) is 24.3 Å². The number of hydrogen-bond donors (Lipinski definition) is 1. The van der Waals surface area contributed by atoms with Gasteiger partial charge in [-0.1, -0.05) is 76.8 Å². The summed E-state index contributed by atoms with van der Waals surface area (Å²) in [6, 6.07) is 8.25. The molecule has 1 unspecified atom stereocenters. The van der Waals surface area contributed by atoms with Crippen molar-refractivity contribution in [1.82, 2.24) is 0 Å². The topological polar surface area (TPSA) is 35.2 Å². The van der Waals surface area contributed by atoms with Gasteiger partial charge < -0.3 is 10.5 Å². The number of hydrogen-bond acceptors (Lipinski definition) is 2. The van der Waals surface area contributed by atoms with Crippen LogP contribution in [0.5, 0.6) is 5.75 Å². The number of benzene rings is 1. The van der Waals surface area contributed by atoms with Crippen LogP contribution in [-0.4, -0.2) is 6.61 Å². The first-order valence-corrected chi connectivity index (χ1v) is 9.22. The summed E-state index contributed by atoms with van der Waals surface area (Å²) in [5.41, 5.74) is 7.00. The van der Waals surface area contributed by atoms with E-state index in [1.54, 1.807) is 0 Å². The predicted molar refractivity (Wildman–Crippen MR) is 104 cm³/mol. The van der Waals surface area contributed by atoms with Crippen molar-refractivity contribution in [1.29, 1.82) is 0 Å². The van der Waals surface area contributed by atoms with Gasteiger partial charge in [0.15, 0.2) is 0 Å². The highest BCUT2D eigenvalue weighted by atomic mass is 35.5. The Kier molecular flexibility index (Phi) is 14.4. The molecular formula is C20H36ClNO. The fraction of sp³-hybridized carbons (Fsp3) is 0.700. The minimum Gasteiger partial charge on any atom is -0.494 e. The Balaban J connectivity index is 0.00000484. The molecule has 3 heteroatoms. The van der Waals surface area contributed by atoms with Crippen molar-refractivity contribution >= 4 is 12.4 Å². The van der Waals surface area contributed by atoms with E-state index in [1.807, 2.05) is 19.1 Å². The zero-order valence-corrected chi connectivity index (χ0v) is 15.9. The molecule has 0 bridgehead atoms. The van der Waals surface area contributed by atoms with E-state index in [1.165, 1.54) is 57.8 Å². The monoisotopic (exact) mass is 341 g/mol. The Hall–Kier alpha value is -0.730. The van der Waals surface area contributed by atoms with Crippen molar-refractivity contribution in [3.05, 3.63) is 29.8 Å². The van der Waals surface area contributed by atoms with Crippen LogP contribution in [0.15, 0.2) is 24.3 Å². The lowest BCUT2D eigenvalue weighted by Crippen LogP contribution is -2.04. The summed E-state index contributed by atoms with van der Waals surface area (Å²) in [6.07, 6.45) is 13.6. The average Bonchev–Trinajstić information content (AvgIpc) is 2.53. The van der Waals surface area contributed by atoms with Crippen LogP contribution in [-0.2, 0) is 0 Å². The van der Waals surface area contributed by atoms with Crippen molar-refractivity contribution in [2.45, 2.75) is 84.1 Å². The Labute approximate surface area is 149 Å². The Morgan fingerprint density at radius 3 is 1.78 bits per heavy atom. The van der Waals surface area contributed by atoms with Gasteiger partial charge in [0.1, 0.15) is 5.75 Å². The minimum absolute atomic E-state index is 0. The molecule has 0 amide bonds. The highest BCUT2D eigenvalue weighted by molar-refractivity contribution is 5.85. The maximum atomic E-state index is 5.84. The zero-order chi connectivity index (χ0) is 16.0. The molecule has 0 aromatic heterocycles. The quantitative estimate of drug-likeness (QED) is 0.419. The lowest BCUT2D eigenvalue weighted by molar-refractivity contribution is 0.304. The molecule has 134 valence electrons. The molecule has 0 heterocycles.